The van der Waals surface area contributed by atoms with Crippen LogP contribution in [0.25, 0.3) is 5.69 Å². The molecule has 0 bridgehead atoms. The third-order valence-corrected chi connectivity index (χ3v) is 3.64. The van der Waals surface area contributed by atoms with Crippen LogP contribution in [0.4, 0.5) is 4.39 Å². The smallest absolute Gasteiger partial charge is 0.222 e. The molecule has 0 spiro atoms. The molecule has 1 amide bonds. The Morgan fingerprint density at radius 3 is 3.05 bits per heavy atom. The summed E-state index contributed by atoms with van der Waals surface area (Å²) < 4.78 is 15.1. The fourth-order valence-electron chi connectivity index (χ4n) is 2.60. The second-order valence-electron chi connectivity index (χ2n) is 4.93. The maximum absolute atomic E-state index is 13.3. The van der Waals surface area contributed by atoms with E-state index in [-0.39, 0.29) is 11.7 Å². The SMILES string of the molecule is CCC(=O)N1CCc2c(cnn2-c2cccc(F)c2)C1. The van der Waals surface area contributed by atoms with Gasteiger partial charge in [-0.1, -0.05) is 13.0 Å². The van der Waals surface area contributed by atoms with Crippen LogP contribution in [0.5, 0.6) is 0 Å². The van der Waals surface area contributed by atoms with E-state index in [0.717, 1.165) is 23.4 Å². The number of halogens is 1. The summed E-state index contributed by atoms with van der Waals surface area (Å²) in [7, 11) is 0. The molecule has 0 radical (unpaired) electrons. The van der Waals surface area contributed by atoms with Crippen molar-refractivity contribution in [3.8, 4) is 5.69 Å². The highest BCUT2D eigenvalue weighted by molar-refractivity contribution is 5.76. The summed E-state index contributed by atoms with van der Waals surface area (Å²) >= 11 is 0. The number of benzene rings is 1. The summed E-state index contributed by atoms with van der Waals surface area (Å²) in [6.45, 7) is 3.16. The Labute approximate surface area is 116 Å². The number of amides is 1. The van der Waals surface area contributed by atoms with E-state index in [4.69, 9.17) is 0 Å². The Morgan fingerprint density at radius 1 is 1.45 bits per heavy atom. The molecule has 5 heteroatoms. The predicted octanol–water partition coefficient (Wildman–Crippen LogP) is 2.31. The van der Waals surface area contributed by atoms with Crippen LogP contribution < -0.4 is 0 Å². The Hall–Kier alpha value is -2.17. The van der Waals surface area contributed by atoms with Crippen LogP contribution in [0.15, 0.2) is 30.5 Å². The van der Waals surface area contributed by atoms with Crippen molar-refractivity contribution in [3.63, 3.8) is 0 Å². The second-order valence-corrected chi connectivity index (χ2v) is 4.93. The molecule has 0 N–H and O–H groups in total. The Bertz CT molecular complexity index is 650. The number of carbonyl (C=O) groups excluding carboxylic acids is 1. The molecule has 0 aliphatic carbocycles. The van der Waals surface area contributed by atoms with Crippen LogP contribution in [0.2, 0.25) is 0 Å². The summed E-state index contributed by atoms with van der Waals surface area (Å²) in [4.78, 5) is 13.6. The minimum atomic E-state index is -0.273. The van der Waals surface area contributed by atoms with Crippen LogP contribution in [0.1, 0.15) is 24.6 Å². The summed E-state index contributed by atoms with van der Waals surface area (Å²) in [5.74, 6) is -0.112. The largest absolute Gasteiger partial charge is 0.338 e. The summed E-state index contributed by atoms with van der Waals surface area (Å²) in [6, 6.07) is 6.40. The number of carbonyl (C=O) groups is 1. The van der Waals surface area contributed by atoms with Gasteiger partial charge in [0.05, 0.1) is 17.6 Å². The molecule has 2 aromatic rings. The summed E-state index contributed by atoms with van der Waals surface area (Å²) in [5.41, 5.74) is 2.83. The van der Waals surface area contributed by atoms with Crippen molar-refractivity contribution in [2.75, 3.05) is 6.54 Å². The minimum absolute atomic E-state index is 0.161. The third kappa shape index (κ3) is 2.19. The van der Waals surface area contributed by atoms with Crippen LogP contribution in [-0.4, -0.2) is 27.1 Å². The van der Waals surface area contributed by atoms with Gasteiger partial charge >= 0.3 is 0 Å². The van der Waals surface area contributed by atoms with Crippen molar-refractivity contribution in [1.82, 2.24) is 14.7 Å². The van der Waals surface area contributed by atoms with Crippen molar-refractivity contribution < 1.29 is 9.18 Å². The molecule has 0 atom stereocenters. The van der Waals surface area contributed by atoms with E-state index < -0.39 is 0 Å². The number of aromatic nitrogens is 2. The third-order valence-electron chi connectivity index (χ3n) is 3.64. The lowest BCUT2D eigenvalue weighted by Gasteiger charge is -2.27. The van der Waals surface area contributed by atoms with Gasteiger partial charge in [-0.2, -0.15) is 5.10 Å². The lowest BCUT2D eigenvalue weighted by Crippen LogP contribution is -2.35. The van der Waals surface area contributed by atoms with Crippen molar-refractivity contribution in [3.05, 3.63) is 47.5 Å². The van der Waals surface area contributed by atoms with Gasteiger partial charge in [0.2, 0.25) is 5.91 Å². The molecular weight excluding hydrogens is 257 g/mol. The fraction of sp³-hybridized carbons (Fsp3) is 0.333. The topological polar surface area (TPSA) is 38.1 Å². The zero-order valence-corrected chi connectivity index (χ0v) is 11.3. The normalized spacial score (nSPS) is 14.2. The quantitative estimate of drug-likeness (QED) is 0.842. The number of rotatable bonds is 2. The molecule has 1 aromatic carbocycles. The second kappa shape index (κ2) is 5.07. The lowest BCUT2D eigenvalue weighted by molar-refractivity contribution is -0.131. The highest BCUT2D eigenvalue weighted by Gasteiger charge is 2.23. The molecule has 3 rings (SSSR count). The van der Waals surface area contributed by atoms with Crippen molar-refractivity contribution >= 4 is 5.91 Å². The van der Waals surface area contributed by atoms with Gasteiger partial charge in [-0.15, -0.1) is 0 Å². The van der Waals surface area contributed by atoms with E-state index in [1.165, 1.54) is 12.1 Å². The predicted molar refractivity (Wildman–Crippen MR) is 72.9 cm³/mol. The molecule has 0 unspecified atom stereocenters. The van der Waals surface area contributed by atoms with Gasteiger partial charge < -0.3 is 4.90 Å². The fourth-order valence-corrected chi connectivity index (χ4v) is 2.60. The van der Waals surface area contributed by atoms with E-state index in [1.54, 1.807) is 16.9 Å². The molecular formula is C15H16FN3O. The molecule has 20 heavy (non-hydrogen) atoms. The first-order valence-electron chi connectivity index (χ1n) is 6.78. The van der Waals surface area contributed by atoms with Crippen LogP contribution in [0, 0.1) is 5.82 Å². The Morgan fingerprint density at radius 2 is 2.30 bits per heavy atom. The maximum atomic E-state index is 13.3. The van der Waals surface area contributed by atoms with Crippen LogP contribution in [-0.2, 0) is 17.8 Å². The Balaban J connectivity index is 1.92. The minimum Gasteiger partial charge on any atom is -0.338 e. The average molecular weight is 273 g/mol. The average Bonchev–Trinajstić information content (AvgIpc) is 2.89. The van der Waals surface area contributed by atoms with Crippen LogP contribution in [0.3, 0.4) is 0 Å². The van der Waals surface area contributed by atoms with Gasteiger partial charge in [-0.05, 0) is 18.2 Å². The van der Waals surface area contributed by atoms with Crippen molar-refractivity contribution in [2.24, 2.45) is 0 Å². The van der Waals surface area contributed by atoms with Gasteiger partial charge in [0.25, 0.3) is 0 Å². The first kappa shape index (κ1) is 12.8. The van der Waals surface area contributed by atoms with E-state index in [9.17, 15) is 9.18 Å². The van der Waals surface area contributed by atoms with Crippen LogP contribution >= 0.6 is 0 Å². The maximum Gasteiger partial charge on any atom is 0.222 e. The zero-order chi connectivity index (χ0) is 14.1. The zero-order valence-electron chi connectivity index (χ0n) is 11.3. The molecule has 4 nitrogen and oxygen atoms in total. The number of nitrogens with zero attached hydrogens (tertiary/aromatic N) is 3. The van der Waals surface area contributed by atoms with Gasteiger partial charge in [0.15, 0.2) is 0 Å². The summed E-state index contributed by atoms with van der Waals surface area (Å²) in [5, 5.41) is 4.34. The first-order valence-corrected chi connectivity index (χ1v) is 6.78. The molecule has 104 valence electrons. The molecule has 1 aromatic heterocycles. The number of hydrogen-bond acceptors (Lipinski definition) is 2. The number of hydrogen-bond donors (Lipinski definition) is 0. The molecule has 0 fully saturated rings. The lowest BCUT2D eigenvalue weighted by atomic mass is 10.1. The van der Waals surface area contributed by atoms with E-state index >= 15 is 0 Å². The van der Waals surface area contributed by atoms with Crippen molar-refractivity contribution in [2.45, 2.75) is 26.3 Å². The molecule has 1 aliphatic rings. The van der Waals surface area contributed by atoms with E-state index in [2.05, 4.69) is 5.10 Å². The highest BCUT2D eigenvalue weighted by atomic mass is 19.1. The van der Waals surface area contributed by atoms with E-state index in [0.29, 0.717) is 19.5 Å². The van der Waals surface area contributed by atoms with E-state index in [1.807, 2.05) is 17.9 Å². The highest BCUT2D eigenvalue weighted by Crippen LogP contribution is 2.22. The molecule has 1 aliphatic heterocycles. The standard InChI is InChI=1S/C15H16FN3O/c1-2-15(20)18-7-6-14-11(10-18)9-17-19(14)13-5-3-4-12(16)8-13/h3-5,8-9H,2,6-7,10H2,1H3. The van der Waals surface area contributed by atoms with Gasteiger partial charge in [-0.25, -0.2) is 9.07 Å². The monoisotopic (exact) mass is 273 g/mol. The summed E-state index contributed by atoms with van der Waals surface area (Å²) in [6.07, 6.45) is 3.04. The molecule has 0 saturated carbocycles. The molecule has 2 heterocycles. The molecule has 0 saturated heterocycles. The van der Waals surface area contributed by atoms with Crippen molar-refractivity contribution in [1.29, 1.82) is 0 Å². The van der Waals surface area contributed by atoms with Gasteiger partial charge in [-0.3, -0.25) is 4.79 Å². The van der Waals surface area contributed by atoms with Gasteiger partial charge in [0.1, 0.15) is 5.82 Å². The van der Waals surface area contributed by atoms with Gasteiger partial charge in [0, 0.05) is 31.5 Å². The number of fused-ring (bicyclic) bond motifs is 1. The Kier molecular flexibility index (Phi) is 3.26. The first-order chi connectivity index (χ1) is 9.69.